The quantitative estimate of drug-likeness (QED) is 0.823. The predicted octanol–water partition coefficient (Wildman–Crippen LogP) is 3.84. The van der Waals surface area contributed by atoms with Crippen LogP contribution in [0.25, 0.3) is 0 Å². The van der Waals surface area contributed by atoms with Crippen molar-refractivity contribution in [3.05, 3.63) is 35.9 Å². The Balaban J connectivity index is 1.35. The summed E-state index contributed by atoms with van der Waals surface area (Å²) >= 11 is 0. The minimum absolute atomic E-state index is 0.347. The lowest BCUT2D eigenvalue weighted by Crippen LogP contribution is -2.46. The van der Waals surface area contributed by atoms with Crippen LogP contribution in [-0.2, 0) is 9.47 Å². The molecule has 0 bridgehead atoms. The summed E-state index contributed by atoms with van der Waals surface area (Å²) in [6.45, 7) is 8.29. The number of rotatable bonds is 5. The Labute approximate surface area is 141 Å². The molecule has 23 heavy (non-hydrogen) atoms. The zero-order chi connectivity index (χ0) is 16.1. The molecule has 0 N–H and O–H groups in total. The van der Waals surface area contributed by atoms with E-state index in [2.05, 4.69) is 49.1 Å². The van der Waals surface area contributed by atoms with Crippen molar-refractivity contribution in [2.45, 2.75) is 63.8 Å². The van der Waals surface area contributed by atoms with Gasteiger partial charge in [0.15, 0.2) is 0 Å². The van der Waals surface area contributed by atoms with Crippen molar-refractivity contribution >= 4 is 0 Å². The van der Waals surface area contributed by atoms with Gasteiger partial charge < -0.3 is 9.47 Å². The van der Waals surface area contributed by atoms with E-state index in [1.165, 1.54) is 31.2 Å². The molecule has 0 spiro atoms. The van der Waals surface area contributed by atoms with Gasteiger partial charge in [-0.1, -0.05) is 30.3 Å². The lowest BCUT2D eigenvalue weighted by atomic mass is 9.83. The highest BCUT2D eigenvalue weighted by Crippen LogP contribution is 2.33. The van der Waals surface area contributed by atoms with Crippen molar-refractivity contribution < 1.29 is 9.47 Å². The van der Waals surface area contributed by atoms with Crippen molar-refractivity contribution in [1.82, 2.24) is 4.90 Å². The first-order valence-corrected chi connectivity index (χ1v) is 9.25. The SMILES string of the molecule is CC1CN(CCOC2CCC(c3ccccc3)CC2)CC(C)O1. The normalized spacial score (nSPS) is 32.8. The van der Waals surface area contributed by atoms with Gasteiger partial charge in [-0.25, -0.2) is 0 Å². The summed E-state index contributed by atoms with van der Waals surface area (Å²) in [6.07, 6.45) is 6.09. The third kappa shape index (κ3) is 5.03. The fraction of sp³-hybridized carbons (Fsp3) is 0.700. The van der Waals surface area contributed by atoms with Gasteiger partial charge in [-0.05, 0) is 51.0 Å². The van der Waals surface area contributed by atoms with Crippen LogP contribution in [0.15, 0.2) is 30.3 Å². The number of hydrogen-bond acceptors (Lipinski definition) is 3. The van der Waals surface area contributed by atoms with E-state index < -0.39 is 0 Å². The summed E-state index contributed by atoms with van der Waals surface area (Å²) in [5.74, 6) is 0.733. The van der Waals surface area contributed by atoms with Crippen LogP contribution in [0.2, 0.25) is 0 Å². The highest BCUT2D eigenvalue weighted by molar-refractivity contribution is 5.19. The maximum absolute atomic E-state index is 6.16. The highest BCUT2D eigenvalue weighted by Gasteiger charge is 2.24. The van der Waals surface area contributed by atoms with Crippen LogP contribution in [-0.4, -0.2) is 49.5 Å². The topological polar surface area (TPSA) is 21.7 Å². The van der Waals surface area contributed by atoms with Crippen molar-refractivity contribution in [2.24, 2.45) is 0 Å². The minimum atomic E-state index is 0.347. The molecular formula is C20H31NO2. The van der Waals surface area contributed by atoms with Crippen LogP contribution in [0.5, 0.6) is 0 Å². The molecule has 1 aromatic rings. The molecule has 2 fully saturated rings. The monoisotopic (exact) mass is 317 g/mol. The molecular weight excluding hydrogens is 286 g/mol. The molecule has 2 aliphatic rings. The fourth-order valence-corrected chi connectivity index (χ4v) is 4.10. The Morgan fingerprint density at radius 2 is 1.65 bits per heavy atom. The van der Waals surface area contributed by atoms with Crippen LogP contribution in [0, 0.1) is 0 Å². The van der Waals surface area contributed by atoms with E-state index in [1.807, 2.05) is 0 Å². The van der Waals surface area contributed by atoms with Gasteiger partial charge in [-0.3, -0.25) is 4.90 Å². The molecule has 1 aromatic carbocycles. The number of morpholine rings is 1. The summed E-state index contributed by atoms with van der Waals surface area (Å²) < 4.78 is 11.9. The minimum Gasteiger partial charge on any atom is -0.377 e. The zero-order valence-electron chi connectivity index (χ0n) is 14.6. The highest BCUT2D eigenvalue weighted by atomic mass is 16.5. The first kappa shape index (κ1) is 16.9. The van der Waals surface area contributed by atoms with Gasteiger partial charge in [0, 0.05) is 19.6 Å². The lowest BCUT2D eigenvalue weighted by Gasteiger charge is -2.35. The first-order valence-electron chi connectivity index (χ1n) is 9.25. The van der Waals surface area contributed by atoms with Gasteiger partial charge >= 0.3 is 0 Å². The lowest BCUT2D eigenvalue weighted by molar-refractivity contribution is -0.0775. The van der Waals surface area contributed by atoms with E-state index in [0.717, 1.165) is 32.2 Å². The standard InChI is InChI=1S/C20H31NO2/c1-16-14-21(15-17(2)23-16)12-13-22-20-10-8-19(9-11-20)18-6-4-3-5-7-18/h3-7,16-17,19-20H,8-15H2,1-2H3. The molecule has 0 radical (unpaired) electrons. The van der Waals surface area contributed by atoms with Crippen molar-refractivity contribution in [2.75, 3.05) is 26.2 Å². The first-order chi connectivity index (χ1) is 11.2. The molecule has 1 aliphatic heterocycles. The molecule has 1 saturated heterocycles. The van der Waals surface area contributed by atoms with E-state index in [9.17, 15) is 0 Å². The molecule has 3 heteroatoms. The van der Waals surface area contributed by atoms with Crippen LogP contribution < -0.4 is 0 Å². The maximum atomic E-state index is 6.16. The van der Waals surface area contributed by atoms with Crippen molar-refractivity contribution in [3.63, 3.8) is 0 Å². The summed E-state index contributed by atoms with van der Waals surface area (Å²) in [5.41, 5.74) is 1.50. The second kappa shape index (κ2) is 8.27. The Bertz CT molecular complexity index is 446. The Hall–Kier alpha value is -0.900. The second-order valence-electron chi connectivity index (χ2n) is 7.27. The number of benzene rings is 1. The average molecular weight is 317 g/mol. The molecule has 0 amide bonds. The van der Waals surface area contributed by atoms with Gasteiger partial charge in [-0.2, -0.15) is 0 Å². The van der Waals surface area contributed by atoms with Crippen LogP contribution in [0.1, 0.15) is 51.0 Å². The zero-order valence-corrected chi connectivity index (χ0v) is 14.6. The summed E-state index contributed by atoms with van der Waals surface area (Å²) in [6, 6.07) is 11.0. The molecule has 1 aliphatic carbocycles. The van der Waals surface area contributed by atoms with Gasteiger partial charge in [0.1, 0.15) is 0 Å². The molecule has 0 aromatic heterocycles. The van der Waals surface area contributed by atoms with Crippen LogP contribution in [0.3, 0.4) is 0 Å². The molecule has 3 nitrogen and oxygen atoms in total. The van der Waals surface area contributed by atoms with Gasteiger partial charge in [-0.15, -0.1) is 0 Å². The average Bonchev–Trinajstić information content (AvgIpc) is 2.55. The molecule has 3 rings (SSSR count). The van der Waals surface area contributed by atoms with Crippen LogP contribution in [0.4, 0.5) is 0 Å². The van der Waals surface area contributed by atoms with E-state index in [-0.39, 0.29) is 0 Å². The van der Waals surface area contributed by atoms with E-state index in [1.54, 1.807) is 0 Å². The molecule has 2 unspecified atom stereocenters. The maximum Gasteiger partial charge on any atom is 0.0678 e. The van der Waals surface area contributed by atoms with Crippen molar-refractivity contribution in [1.29, 1.82) is 0 Å². The molecule has 128 valence electrons. The number of ether oxygens (including phenoxy) is 2. The van der Waals surface area contributed by atoms with E-state index in [4.69, 9.17) is 9.47 Å². The van der Waals surface area contributed by atoms with Gasteiger partial charge in [0.25, 0.3) is 0 Å². The summed E-state index contributed by atoms with van der Waals surface area (Å²) in [7, 11) is 0. The number of hydrogen-bond donors (Lipinski definition) is 0. The fourth-order valence-electron chi connectivity index (χ4n) is 4.10. The predicted molar refractivity (Wildman–Crippen MR) is 93.8 cm³/mol. The Morgan fingerprint density at radius 1 is 1.00 bits per heavy atom. The van der Waals surface area contributed by atoms with Gasteiger partial charge in [0.2, 0.25) is 0 Å². The smallest absolute Gasteiger partial charge is 0.0678 e. The van der Waals surface area contributed by atoms with E-state index >= 15 is 0 Å². The largest absolute Gasteiger partial charge is 0.377 e. The summed E-state index contributed by atoms with van der Waals surface area (Å²) in [5, 5.41) is 0. The molecule has 2 atom stereocenters. The molecule has 1 saturated carbocycles. The third-order valence-corrected chi connectivity index (χ3v) is 5.20. The summed E-state index contributed by atoms with van der Waals surface area (Å²) in [4.78, 5) is 2.48. The van der Waals surface area contributed by atoms with Gasteiger partial charge in [0.05, 0.1) is 24.9 Å². The molecule has 1 heterocycles. The second-order valence-corrected chi connectivity index (χ2v) is 7.27. The third-order valence-electron chi connectivity index (χ3n) is 5.20. The van der Waals surface area contributed by atoms with Crippen LogP contribution >= 0.6 is 0 Å². The van der Waals surface area contributed by atoms with Crippen molar-refractivity contribution in [3.8, 4) is 0 Å². The Morgan fingerprint density at radius 3 is 2.30 bits per heavy atom. The number of nitrogens with zero attached hydrogens (tertiary/aromatic N) is 1. The van der Waals surface area contributed by atoms with E-state index in [0.29, 0.717) is 18.3 Å². The Kier molecular flexibility index (Phi) is 6.09.